The highest BCUT2D eigenvalue weighted by Crippen LogP contribution is 2.31. The van der Waals surface area contributed by atoms with E-state index in [1.54, 1.807) is 37.4 Å². The molecule has 0 aliphatic heterocycles. The molecule has 0 radical (unpaired) electrons. The van der Waals surface area contributed by atoms with Gasteiger partial charge in [-0.25, -0.2) is 9.97 Å². The summed E-state index contributed by atoms with van der Waals surface area (Å²) in [6.07, 6.45) is 5.66. The lowest BCUT2D eigenvalue weighted by atomic mass is 10.1. The third-order valence-corrected chi connectivity index (χ3v) is 5.28. The second kappa shape index (κ2) is 9.85. The fourth-order valence-corrected chi connectivity index (χ4v) is 3.79. The Morgan fingerprint density at radius 1 is 1.15 bits per heavy atom. The number of nitrogens with zero attached hydrogens (tertiary/aromatic N) is 5. The predicted molar refractivity (Wildman–Crippen MR) is 117 cm³/mol. The van der Waals surface area contributed by atoms with Crippen LogP contribution in [0.15, 0.2) is 36.7 Å². The molecular formula is C23H23F2N5O3. The van der Waals surface area contributed by atoms with Gasteiger partial charge in [0.15, 0.2) is 11.6 Å². The minimum atomic E-state index is -2.94. The minimum Gasteiger partial charge on any atom is -0.495 e. The van der Waals surface area contributed by atoms with E-state index >= 15 is 0 Å². The first-order chi connectivity index (χ1) is 15.9. The number of alkyl halides is 2. The Labute approximate surface area is 189 Å². The molecule has 0 bridgehead atoms. The fourth-order valence-electron chi connectivity index (χ4n) is 3.79. The Hall–Kier alpha value is -3.69. The molecule has 3 aromatic heterocycles. The van der Waals surface area contributed by atoms with Crippen molar-refractivity contribution in [2.75, 3.05) is 25.6 Å². The molecule has 8 nitrogen and oxygen atoms in total. The van der Waals surface area contributed by atoms with Gasteiger partial charge in [-0.15, -0.1) is 0 Å². The van der Waals surface area contributed by atoms with Gasteiger partial charge in [0.05, 0.1) is 26.3 Å². The fraction of sp³-hybridized carbons (Fsp3) is 0.348. The summed E-state index contributed by atoms with van der Waals surface area (Å²) in [7, 11) is 3.36. The second-order valence-electron chi connectivity index (χ2n) is 7.67. The van der Waals surface area contributed by atoms with Gasteiger partial charge in [-0.3, -0.25) is 14.8 Å². The summed E-state index contributed by atoms with van der Waals surface area (Å²) in [5, 5.41) is 0. The largest absolute Gasteiger partial charge is 0.495 e. The summed E-state index contributed by atoms with van der Waals surface area (Å²) in [5.74, 6) is 1.54. The Balaban J connectivity index is 1.55. The van der Waals surface area contributed by atoms with Gasteiger partial charge in [0.2, 0.25) is 0 Å². The van der Waals surface area contributed by atoms with Crippen molar-refractivity contribution in [2.24, 2.45) is 0 Å². The third kappa shape index (κ3) is 5.39. The van der Waals surface area contributed by atoms with Crippen LogP contribution < -0.4 is 14.4 Å². The van der Waals surface area contributed by atoms with Crippen molar-refractivity contribution in [3.63, 3.8) is 0 Å². The van der Waals surface area contributed by atoms with Crippen LogP contribution in [0.2, 0.25) is 0 Å². The minimum absolute atomic E-state index is 0.0174. The molecule has 0 amide bonds. The maximum absolute atomic E-state index is 12.7. The number of likely N-dealkylation sites (N-methyl/N-ethyl adjacent to an activating group) is 1. The molecule has 1 aliphatic carbocycles. The number of halogens is 2. The van der Waals surface area contributed by atoms with E-state index < -0.39 is 6.61 Å². The molecule has 10 heteroatoms. The van der Waals surface area contributed by atoms with Crippen LogP contribution in [0.25, 0.3) is 11.5 Å². The standard InChI is InChI=1S/C23H23F2N5O3/c1-30(13-15(31)10-14-6-7-17(32-2)12-27-14)22-18-4-3-5-19(18)28-21(29-22)20-11-16(8-9-26-20)33-23(24)25/h6-9,11-12,23H,3-5,10,13H2,1-2H3. The molecule has 0 saturated heterocycles. The number of hydrogen-bond acceptors (Lipinski definition) is 8. The van der Waals surface area contributed by atoms with E-state index in [2.05, 4.69) is 24.7 Å². The average molecular weight is 455 g/mol. The maximum atomic E-state index is 12.7. The molecule has 0 spiro atoms. The molecule has 3 aromatic rings. The first-order valence-corrected chi connectivity index (χ1v) is 10.5. The molecule has 172 valence electrons. The molecule has 0 atom stereocenters. The summed E-state index contributed by atoms with van der Waals surface area (Å²) in [6, 6.07) is 6.26. The van der Waals surface area contributed by atoms with Crippen LogP contribution in [0.4, 0.5) is 14.6 Å². The number of aromatic nitrogens is 4. The zero-order valence-electron chi connectivity index (χ0n) is 18.3. The van der Waals surface area contributed by atoms with Crippen LogP contribution in [0.3, 0.4) is 0 Å². The highest BCUT2D eigenvalue weighted by atomic mass is 19.3. The SMILES string of the molecule is COc1ccc(CC(=O)CN(C)c2nc(-c3cc(OC(F)F)ccn3)nc3c2CCC3)nc1. The summed E-state index contributed by atoms with van der Waals surface area (Å²) < 4.78 is 34.8. The van der Waals surface area contributed by atoms with Crippen molar-refractivity contribution < 1.29 is 23.0 Å². The number of aryl methyl sites for hydroxylation is 1. The molecule has 4 rings (SSSR count). The van der Waals surface area contributed by atoms with E-state index in [1.807, 2.05) is 0 Å². The van der Waals surface area contributed by atoms with Crippen LogP contribution in [0.5, 0.6) is 11.5 Å². The van der Waals surface area contributed by atoms with Gasteiger partial charge in [-0.1, -0.05) is 0 Å². The van der Waals surface area contributed by atoms with Gasteiger partial charge in [0.25, 0.3) is 0 Å². The molecule has 0 unspecified atom stereocenters. The molecule has 0 saturated carbocycles. The van der Waals surface area contributed by atoms with Crippen molar-refractivity contribution in [3.05, 3.63) is 53.6 Å². The summed E-state index contributed by atoms with van der Waals surface area (Å²) in [4.78, 5) is 32.2. The van der Waals surface area contributed by atoms with Crippen molar-refractivity contribution in [1.82, 2.24) is 19.9 Å². The number of carbonyl (C=O) groups is 1. The Bertz CT molecular complexity index is 1140. The first-order valence-electron chi connectivity index (χ1n) is 10.5. The second-order valence-corrected chi connectivity index (χ2v) is 7.67. The van der Waals surface area contributed by atoms with Gasteiger partial charge >= 0.3 is 6.61 Å². The van der Waals surface area contributed by atoms with Crippen molar-refractivity contribution in [3.8, 4) is 23.0 Å². The number of pyridine rings is 2. The summed E-state index contributed by atoms with van der Waals surface area (Å²) in [6.45, 7) is -2.80. The topological polar surface area (TPSA) is 90.3 Å². The molecule has 3 heterocycles. The van der Waals surface area contributed by atoms with Crippen LogP contribution >= 0.6 is 0 Å². The number of Topliss-reactive ketones (excluding diaryl/α,β-unsaturated/α-hetero) is 1. The number of anilines is 1. The molecular weight excluding hydrogens is 432 g/mol. The van der Waals surface area contributed by atoms with E-state index in [0.29, 0.717) is 28.8 Å². The number of hydrogen-bond donors (Lipinski definition) is 0. The lowest BCUT2D eigenvalue weighted by Gasteiger charge is -2.21. The lowest BCUT2D eigenvalue weighted by Crippen LogP contribution is -2.29. The number of carbonyl (C=O) groups excluding carboxylic acids is 1. The highest BCUT2D eigenvalue weighted by Gasteiger charge is 2.24. The van der Waals surface area contributed by atoms with Gasteiger partial charge < -0.3 is 14.4 Å². The third-order valence-electron chi connectivity index (χ3n) is 5.28. The van der Waals surface area contributed by atoms with Crippen LogP contribution in [-0.2, 0) is 24.1 Å². The average Bonchev–Trinajstić information content (AvgIpc) is 3.27. The number of ketones is 1. The van der Waals surface area contributed by atoms with E-state index in [0.717, 1.165) is 30.5 Å². The monoisotopic (exact) mass is 455 g/mol. The summed E-state index contributed by atoms with van der Waals surface area (Å²) >= 11 is 0. The van der Waals surface area contributed by atoms with Crippen LogP contribution in [0, 0.1) is 0 Å². The molecule has 0 N–H and O–H groups in total. The first kappa shape index (κ1) is 22.5. The van der Waals surface area contributed by atoms with E-state index in [-0.39, 0.29) is 24.5 Å². The molecule has 1 aliphatic rings. The van der Waals surface area contributed by atoms with Gasteiger partial charge in [-0.05, 0) is 37.5 Å². The van der Waals surface area contributed by atoms with Gasteiger partial charge in [0.1, 0.15) is 23.0 Å². The van der Waals surface area contributed by atoms with Crippen molar-refractivity contribution in [1.29, 1.82) is 0 Å². The van der Waals surface area contributed by atoms with Crippen molar-refractivity contribution in [2.45, 2.75) is 32.3 Å². The zero-order chi connectivity index (χ0) is 23.4. The quantitative estimate of drug-likeness (QED) is 0.486. The zero-order valence-corrected chi connectivity index (χ0v) is 18.3. The number of rotatable bonds is 9. The smallest absolute Gasteiger partial charge is 0.387 e. The van der Waals surface area contributed by atoms with Crippen LogP contribution in [0.1, 0.15) is 23.4 Å². The van der Waals surface area contributed by atoms with E-state index in [1.165, 1.54) is 18.3 Å². The molecule has 33 heavy (non-hydrogen) atoms. The highest BCUT2D eigenvalue weighted by molar-refractivity contribution is 5.85. The van der Waals surface area contributed by atoms with Gasteiger partial charge in [0, 0.05) is 36.3 Å². The van der Waals surface area contributed by atoms with Crippen molar-refractivity contribution >= 4 is 11.6 Å². The van der Waals surface area contributed by atoms with Gasteiger partial charge in [-0.2, -0.15) is 8.78 Å². The Morgan fingerprint density at radius 3 is 2.73 bits per heavy atom. The Kier molecular flexibility index (Phi) is 6.71. The lowest BCUT2D eigenvalue weighted by molar-refractivity contribution is -0.117. The Morgan fingerprint density at radius 2 is 2.00 bits per heavy atom. The molecule has 0 aromatic carbocycles. The number of fused-ring (bicyclic) bond motifs is 1. The molecule has 0 fully saturated rings. The number of ether oxygens (including phenoxy) is 2. The van der Waals surface area contributed by atoms with E-state index in [9.17, 15) is 13.6 Å². The summed E-state index contributed by atoms with van der Waals surface area (Å²) in [5.41, 5.74) is 2.86. The maximum Gasteiger partial charge on any atom is 0.387 e. The normalized spacial score (nSPS) is 12.5. The predicted octanol–water partition coefficient (Wildman–Crippen LogP) is 3.28. The van der Waals surface area contributed by atoms with Crippen LogP contribution in [-0.4, -0.2) is 53.0 Å². The van der Waals surface area contributed by atoms with E-state index in [4.69, 9.17) is 4.74 Å². The number of methoxy groups -OCH3 is 1.